The van der Waals surface area contributed by atoms with Crippen LogP contribution >= 0.6 is 0 Å². The van der Waals surface area contributed by atoms with Gasteiger partial charge in [-0.25, -0.2) is 4.98 Å². The van der Waals surface area contributed by atoms with E-state index in [0.717, 1.165) is 12.2 Å². The number of H-pyrrole nitrogens is 1. The molecule has 19 heavy (non-hydrogen) atoms. The maximum absolute atomic E-state index is 4.26. The van der Waals surface area contributed by atoms with Crippen LogP contribution < -0.4 is 5.32 Å². The summed E-state index contributed by atoms with van der Waals surface area (Å²) in [4.78, 5) is 7.46. The van der Waals surface area contributed by atoms with E-state index in [4.69, 9.17) is 0 Å². The number of aromatic amines is 1. The van der Waals surface area contributed by atoms with Crippen LogP contribution in [0.5, 0.6) is 0 Å². The summed E-state index contributed by atoms with van der Waals surface area (Å²) in [7, 11) is 0. The summed E-state index contributed by atoms with van der Waals surface area (Å²) in [6, 6.07) is 9.16. The van der Waals surface area contributed by atoms with E-state index in [9.17, 15) is 0 Å². The smallest absolute Gasteiger partial charge is 0.0951 e. The van der Waals surface area contributed by atoms with E-state index in [-0.39, 0.29) is 0 Å². The third-order valence-electron chi connectivity index (χ3n) is 3.71. The Hall–Kier alpha value is -2.23. The second-order valence-electron chi connectivity index (χ2n) is 5.16. The van der Waals surface area contributed by atoms with E-state index in [1.165, 1.54) is 29.4 Å². The summed E-state index contributed by atoms with van der Waals surface area (Å²) in [5.41, 5.74) is 3.58. The van der Waals surface area contributed by atoms with Crippen molar-refractivity contribution in [1.29, 1.82) is 0 Å². The molecule has 0 radical (unpaired) electrons. The first-order valence-electron chi connectivity index (χ1n) is 6.72. The minimum absolute atomic E-state index is 0.687. The monoisotopic (exact) mass is 252 g/mol. The Morgan fingerprint density at radius 2 is 2.26 bits per heavy atom. The number of imidazole rings is 1. The van der Waals surface area contributed by atoms with Crippen LogP contribution in [0, 0.1) is 0 Å². The van der Waals surface area contributed by atoms with Crippen LogP contribution in [-0.2, 0) is 6.54 Å². The fourth-order valence-electron chi connectivity index (χ4n) is 2.51. The summed E-state index contributed by atoms with van der Waals surface area (Å²) in [6.45, 7) is 0.826. The van der Waals surface area contributed by atoms with E-state index in [2.05, 4.69) is 44.1 Å². The van der Waals surface area contributed by atoms with Crippen molar-refractivity contribution in [2.75, 3.05) is 5.32 Å². The van der Waals surface area contributed by atoms with E-state index in [1.54, 1.807) is 0 Å². The molecule has 1 aromatic carbocycles. The van der Waals surface area contributed by atoms with Crippen LogP contribution in [0.4, 0.5) is 5.69 Å². The van der Waals surface area contributed by atoms with Gasteiger partial charge in [0.25, 0.3) is 0 Å². The summed E-state index contributed by atoms with van der Waals surface area (Å²) in [5.74, 6) is 0. The van der Waals surface area contributed by atoms with Gasteiger partial charge in [0.2, 0.25) is 0 Å². The third-order valence-corrected chi connectivity index (χ3v) is 3.71. The molecule has 1 aliphatic carbocycles. The largest absolute Gasteiger partial charge is 0.379 e. The van der Waals surface area contributed by atoms with Gasteiger partial charge >= 0.3 is 0 Å². The number of anilines is 1. The fourth-order valence-corrected chi connectivity index (χ4v) is 2.51. The van der Waals surface area contributed by atoms with Gasteiger partial charge in [0, 0.05) is 35.0 Å². The fraction of sp³-hybridized carbons (Fsp3) is 0.267. The molecule has 0 aliphatic heterocycles. The lowest BCUT2D eigenvalue weighted by molar-refractivity contribution is 0.701. The maximum atomic E-state index is 4.26. The number of benzene rings is 1. The van der Waals surface area contributed by atoms with Gasteiger partial charge in [-0.3, -0.25) is 0 Å². The van der Waals surface area contributed by atoms with Crippen LogP contribution in [0.25, 0.3) is 10.9 Å². The lowest BCUT2D eigenvalue weighted by Crippen LogP contribution is -2.05. The molecule has 3 aromatic rings. The predicted molar refractivity (Wildman–Crippen MR) is 76.1 cm³/mol. The predicted octanol–water partition coefficient (Wildman–Crippen LogP) is 3.31. The van der Waals surface area contributed by atoms with Gasteiger partial charge in [-0.05, 0) is 37.1 Å². The molecule has 4 rings (SSSR count). The Morgan fingerprint density at radius 3 is 3.16 bits per heavy atom. The average molecular weight is 252 g/mol. The van der Waals surface area contributed by atoms with Crippen molar-refractivity contribution >= 4 is 16.6 Å². The lowest BCUT2D eigenvalue weighted by Gasteiger charge is -2.09. The Kier molecular flexibility index (Phi) is 2.33. The number of hydrogen-bond acceptors (Lipinski definition) is 2. The number of hydrogen-bond donors (Lipinski definition) is 2. The average Bonchev–Trinajstić information content (AvgIpc) is 3.00. The number of nitrogens with one attached hydrogen (secondary N) is 2. The highest BCUT2D eigenvalue weighted by Gasteiger charge is 2.24. The third kappa shape index (κ3) is 1.99. The number of rotatable bonds is 4. The molecular weight excluding hydrogens is 236 g/mol. The van der Waals surface area contributed by atoms with E-state index in [0.29, 0.717) is 6.04 Å². The molecule has 0 spiro atoms. The lowest BCUT2D eigenvalue weighted by atomic mass is 10.2. The molecule has 1 saturated carbocycles. The molecule has 1 aliphatic rings. The molecule has 4 nitrogen and oxygen atoms in total. The number of aromatic nitrogens is 3. The molecule has 2 N–H and O–H groups in total. The molecule has 0 atom stereocenters. The SMILES string of the molecule is c1cc2cc(NCc3cncn3C3CC3)ccc2[nH]1. The molecule has 0 unspecified atom stereocenters. The minimum atomic E-state index is 0.687. The van der Waals surface area contributed by atoms with E-state index in [1.807, 2.05) is 18.7 Å². The van der Waals surface area contributed by atoms with E-state index >= 15 is 0 Å². The molecule has 2 heterocycles. The van der Waals surface area contributed by atoms with Crippen molar-refractivity contribution in [2.45, 2.75) is 25.4 Å². The molecular formula is C15H16N4. The van der Waals surface area contributed by atoms with Crippen molar-refractivity contribution in [3.63, 3.8) is 0 Å². The first kappa shape index (κ1) is 10.7. The zero-order valence-electron chi connectivity index (χ0n) is 10.6. The summed E-state index contributed by atoms with van der Waals surface area (Å²) in [5, 5.41) is 4.71. The first-order valence-corrected chi connectivity index (χ1v) is 6.72. The quantitative estimate of drug-likeness (QED) is 0.748. The van der Waals surface area contributed by atoms with Gasteiger partial charge in [-0.15, -0.1) is 0 Å². The first-order chi connectivity index (χ1) is 9.40. The standard InChI is InChI=1S/C15H16N4/c1-4-15-11(5-6-17-15)7-12(1)18-9-14-8-16-10-19(14)13-2-3-13/h1,4-8,10,13,17-18H,2-3,9H2. The molecule has 4 heteroatoms. The summed E-state index contributed by atoms with van der Waals surface area (Å²) in [6.07, 6.45) is 8.46. The maximum Gasteiger partial charge on any atom is 0.0951 e. The minimum Gasteiger partial charge on any atom is -0.379 e. The highest BCUT2D eigenvalue weighted by Crippen LogP contribution is 2.35. The van der Waals surface area contributed by atoms with Crippen LogP contribution in [0.1, 0.15) is 24.6 Å². The zero-order chi connectivity index (χ0) is 12.7. The van der Waals surface area contributed by atoms with Gasteiger partial charge in [0.05, 0.1) is 18.6 Å². The Bertz CT molecular complexity index is 706. The highest BCUT2D eigenvalue weighted by atomic mass is 15.1. The van der Waals surface area contributed by atoms with Gasteiger partial charge < -0.3 is 14.9 Å². The van der Waals surface area contributed by atoms with E-state index < -0.39 is 0 Å². The van der Waals surface area contributed by atoms with Crippen molar-refractivity contribution in [2.24, 2.45) is 0 Å². The Morgan fingerprint density at radius 1 is 1.32 bits per heavy atom. The topological polar surface area (TPSA) is 45.6 Å². The second-order valence-corrected chi connectivity index (χ2v) is 5.16. The van der Waals surface area contributed by atoms with Gasteiger partial charge in [0.1, 0.15) is 0 Å². The van der Waals surface area contributed by atoms with Gasteiger partial charge in [0.15, 0.2) is 0 Å². The van der Waals surface area contributed by atoms with Crippen molar-refractivity contribution in [3.8, 4) is 0 Å². The highest BCUT2D eigenvalue weighted by molar-refractivity contribution is 5.82. The molecule has 0 amide bonds. The molecule has 1 fully saturated rings. The van der Waals surface area contributed by atoms with Crippen LogP contribution in [0.3, 0.4) is 0 Å². The molecule has 96 valence electrons. The zero-order valence-corrected chi connectivity index (χ0v) is 10.6. The Balaban J connectivity index is 1.52. The van der Waals surface area contributed by atoms with Gasteiger partial charge in [-0.1, -0.05) is 0 Å². The van der Waals surface area contributed by atoms with Crippen LogP contribution in [0.15, 0.2) is 43.0 Å². The second kappa shape index (κ2) is 4.16. The number of nitrogens with zero attached hydrogens (tertiary/aromatic N) is 2. The van der Waals surface area contributed by atoms with Crippen LogP contribution in [0.2, 0.25) is 0 Å². The molecule has 0 saturated heterocycles. The normalized spacial score (nSPS) is 14.9. The van der Waals surface area contributed by atoms with Crippen molar-refractivity contribution < 1.29 is 0 Å². The van der Waals surface area contributed by atoms with Gasteiger partial charge in [-0.2, -0.15) is 0 Å². The number of fused-ring (bicyclic) bond motifs is 1. The van der Waals surface area contributed by atoms with Crippen molar-refractivity contribution in [1.82, 2.24) is 14.5 Å². The Labute approximate surface area is 111 Å². The summed E-state index contributed by atoms with van der Waals surface area (Å²) < 4.78 is 2.29. The molecule has 0 bridgehead atoms. The van der Waals surface area contributed by atoms with Crippen LogP contribution in [-0.4, -0.2) is 14.5 Å². The van der Waals surface area contributed by atoms with Crippen molar-refractivity contribution in [3.05, 3.63) is 48.7 Å². The summed E-state index contributed by atoms with van der Waals surface area (Å²) >= 11 is 0. The molecule has 2 aromatic heterocycles.